The maximum absolute atomic E-state index is 14.3. The molecule has 1 saturated heterocycles. The fourth-order valence-electron chi connectivity index (χ4n) is 4.93. The summed E-state index contributed by atoms with van der Waals surface area (Å²) in [5.41, 5.74) is 10.5. The number of aromatic nitrogens is 5. The number of halogens is 1. The summed E-state index contributed by atoms with van der Waals surface area (Å²) in [6.45, 7) is 3.20. The van der Waals surface area contributed by atoms with E-state index in [4.69, 9.17) is 15.1 Å². The van der Waals surface area contributed by atoms with E-state index in [9.17, 15) is 4.39 Å². The van der Waals surface area contributed by atoms with Crippen LogP contribution in [-0.2, 0) is 6.42 Å². The van der Waals surface area contributed by atoms with E-state index in [2.05, 4.69) is 30.8 Å². The highest BCUT2D eigenvalue weighted by Gasteiger charge is 2.22. The molecule has 0 amide bonds. The van der Waals surface area contributed by atoms with Crippen molar-refractivity contribution < 1.29 is 8.81 Å². The fraction of sp³-hybridized carbons (Fsp3) is 0.185. The Morgan fingerprint density at radius 1 is 0.919 bits per heavy atom. The quantitative estimate of drug-likeness (QED) is 0.392. The summed E-state index contributed by atoms with van der Waals surface area (Å²) in [5, 5.41) is 0.632. The molecule has 6 aromatic rings. The van der Waals surface area contributed by atoms with Crippen LogP contribution in [0.1, 0.15) is 11.3 Å². The summed E-state index contributed by atoms with van der Waals surface area (Å²) in [6.07, 6.45) is 4.28. The first-order valence-electron chi connectivity index (χ1n) is 12.1. The predicted octanol–water partition coefficient (Wildman–Crippen LogP) is 4.06. The van der Waals surface area contributed by atoms with Crippen LogP contribution in [0, 0.1) is 5.82 Å². The van der Waals surface area contributed by atoms with E-state index >= 15 is 0 Å². The van der Waals surface area contributed by atoms with Crippen LogP contribution in [0.5, 0.6) is 0 Å². The number of rotatable bonds is 4. The molecule has 0 atom stereocenters. The van der Waals surface area contributed by atoms with Gasteiger partial charge in [0.2, 0.25) is 5.95 Å². The number of anilines is 3. The number of piperazine rings is 1. The fourth-order valence-corrected chi connectivity index (χ4v) is 4.93. The van der Waals surface area contributed by atoms with Crippen LogP contribution >= 0.6 is 0 Å². The average Bonchev–Trinajstić information content (AvgIpc) is 3.55. The van der Waals surface area contributed by atoms with E-state index in [0.717, 1.165) is 54.4 Å². The molecule has 37 heavy (non-hydrogen) atoms. The third kappa shape index (κ3) is 3.77. The molecule has 1 aliphatic rings. The van der Waals surface area contributed by atoms with Gasteiger partial charge in [0.25, 0.3) is 6.01 Å². The second-order valence-corrected chi connectivity index (χ2v) is 9.17. The van der Waals surface area contributed by atoms with Crippen LogP contribution in [0.2, 0.25) is 0 Å². The van der Waals surface area contributed by atoms with Crippen LogP contribution in [-0.4, -0.2) is 50.5 Å². The van der Waals surface area contributed by atoms with Crippen LogP contribution < -0.4 is 15.5 Å². The average molecular weight is 495 g/mol. The van der Waals surface area contributed by atoms with Gasteiger partial charge in [0.1, 0.15) is 28.3 Å². The van der Waals surface area contributed by atoms with Crippen molar-refractivity contribution in [1.29, 1.82) is 0 Å². The number of benzene rings is 2. The second kappa shape index (κ2) is 8.44. The molecule has 0 radical (unpaired) electrons. The number of nitrogen functional groups attached to an aromatic ring is 1. The minimum absolute atomic E-state index is 0.207. The number of hydrogen-bond donors (Lipinski definition) is 1. The van der Waals surface area contributed by atoms with Gasteiger partial charge in [-0.05, 0) is 42.0 Å². The molecule has 1 aliphatic heterocycles. The van der Waals surface area contributed by atoms with Crippen molar-refractivity contribution >= 4 is 45.4 Å². The molecule has 2 N–H and O–H groups in total. The standard InChI is InChI=1S/C27H23FN8O/c28-20-5-3-4-19-24(20)33-26(29)36-16-18(31-25(19)36)14-17-8-9-30-23(15-17)34-10-12-35(13-11-34)27-32-21-6-1-2-7-22(21)37-27/h1-9,15-16H,10-14H2,(H2,29,33). The molecule has 5 heterocycles. The molecule has 0 aliphatic carbocycles. The first kappa shape index (κ1) is 21.5. The van der Waals surface area contributed by atoms with Crippen molar-refractivity contribution in [1.82, 2.24) is 24.3 Å². The zero-order chi connectivity index (χ0) is 24.9. The topological polar surface area (TPSA) is 102 Å². The van der Waals surface area contributed by atoms with E-state index in [1.807, 2.05) is 48.8 Å². The Kier molecular flexibility index (Phi) is 4.91. The predicted molar refractivity (Wildman–Crippen MR) is 140 cm³/mol. The molecule has 0 bridgehead atoms. The molecular weight excluding hydrogens is 471 g/mol. The summed E-state index contributed by atoms with van der Waals surface area (Å²) in [7, 11) is 0. The number of imidazole rings is 1. The van der Waals surface area contributed by atoms with Crippen molar-refractivity contribution in [2.75, 3.05) is 41.7 Å². The van der Waals surface area contributed by atoms with Gasteiger partial charge >= 0.3 is 0 Å². The van der Waals surface area contributed by atoms with Gasteiger partial charge in [-0.15, -0.1) is 0 Å². The van der Waals surface area contributed by atoms with Gasteiger partial charge in [-0.25, -0.2) is 19.3 Å². The minimum Gasteiger partial charge on any atom is -0.423 e. The highest BCUT2D eigenvalue weighted by Crippen LogP contribution is 2.26. The normalized spacial score (nSPS) is 14.3. The maximum atomic E-state index is 14.3. The van der Waals surface area contributed by atoms with Gasteiger partial charge in [0.05, 0.1) is 5.69 Å². The Morgan fingerprint density at radius 2 is 1.76 bits per heavy atom. The summed E-state index contributed by atoms with van der Waals surface area (Å²) >= 11 is 0. The molecule has 184 valence electrons. The SMILES string of the molecule is Nc1nc2c(F)cccc2c2nc(Cc3ccnc(N4CCN(c5nc6ccccc6o5)CC4)c3)cn12. The molecule has 1 fully saturated rings. The van der Waals surface area contributed by atoms with Gasteiger partial charge in [0, 0.05) is 50.4 Å². The van der Waals surface area contributed by atoms with Crippen molar-refractivity contribution in [3.63, 3.8) is 0 Å². The number of hydrogen-bond acceptors (Lipinski definition) is 8. The van der Waals surface area contributed by atoms with Gasteiger partial charge < -0.3 is 20.0 Å². The second-order valence-electron chi connectivity index (χ2n) is 9.17. The Balaban J connectivity index is 1.10. The molecule has 9 nitrogen and oxygen atoms in total. The highest BCUT2D eigenvalue weighted by molar-refractivity contribution is 5.92. The molecule has 7 rings (SSSR count). The number of para-hydroxylation sites is 3. The summed E-state index contributed by atoms with van der Waals surface area (Å²) in [5.74, 6) is 0.719. The third-order valence-corrected chi connectivity index (χ3v) is 6.81. The molecule has 0 saturated carbocycles. The number of pyridine rings is 1. The lowest BCUT2D eigenvalue weighted by Crippen LogP contribution is -2.47. The van der Waals surface area contributed by atoms with E-state index < -0.39 is 5.82 Å². The molecule has 0 unspecified atom stereocenters. The first-order valence-corrected chi connectivity index (χ1v) is 12.1. The first-order chi connectivity index (χ1) is 18.1. The zero-order valence-electron chi connectivity index (χ0n) is 19.9. The Labute approximate surface area is 211 Å². The van der Waals surface area contributed by atoms with Gasteiger partial charge in [-0.3, -0.25) is 4.40 Å². The molecule has 10 heteroatoms. The van der Waals surface area contributed by atoms with Crippen molar-refractivity contribution in [2.45, 2.75) is 6.42 Å². The van der Waals surface area contributed by atoms with E-state index in [-0.39, 0.29) is 11.5 Å². The van der Waals surface area contributed by atoms with Gasteiger partial charge in [0.15, 0.2) is 5.58 Å². The summed E-state index contributed by atoms with van der Waals surface area (Å²) in [4.78, 5) is 22.7. The number of oxazole rings is 1. The summed E-state index contributed by atoms with van der Waals surface area (Å²) in [6, 6.07) is 17.4. The van der Waals surface area contributed by atoms with Crippen molar-refractivity contribution in [3.8, 4) is 0 Å². The smallest absolute Gasteiger partial charge is 0.298 e. The zero-order valence-corrected chi connectivity index (χ0v) is 19.9. The molecular formula is C27H23FN8O. The number of nitrogens with zero attached hydrogens (tertiary/aromatic N) is 7. The Hall–Kier alpha value is -4.73. The third-order valence-electron chi connectivity index (χ3n) is 6.81. The summed E-state index contributed by atoms with van der Waals surface area (Å²) < 4.78 is 21.9. The van der Waals surface area contributed by atoms with Crippen LogP contribution in [0.4, 0.5) is 22.2 Å². The van der Waals surface area contributed by atoms with Crippen molar-refractivity contribution in [3.05, 3.63) is 84.1 Å². The molecule has 4 aromatic heterocycles. The Bertz CT molecular complexity index is 1740. The van der Waals surface area contributed by atoms with E-state index in [1.165, 1.54) is 6.07 Å². The van der Waals surface area contributed by atoms with Crippen LogP contribution in [0.3, 0.4) is 0 Å². The van der Waals surface area contributed by atoms with Crippen molar-refractivity contribution in [2.24, 2.45) is 0 Å². The largest absolute Gasteiger partial charge is 0.423 e. The highest BCUT2D eigenvalue weighted by atomic mass is 19.1. The van der Waals surface area contributed by atoms with E-state index in [0.29, 0.717) is 23.5 Å². The monoisotopic (exact) mass is 494 g/mol. The van der Waals surface area contributed by atoms with Crippen LogP contribution in [0.15, 0.2) is 71.4 Å². The number of nitrogens with two attached hydrogens (primary N) is 1. The van der Waals surface area contributed by atoms with Gasteiger partial charge in [-0.2, -0.15) is 4.98 Å². The van der Waals surface area contributed by atoms with E-state index in [1.54, 1.807) is 10.5 Å². The maximum Gasteiger partial charge on any atom is 0.298 e. The molecule has 2 aromatic carbocycles. The lowest BCUT2D eigenvalue weighted by atomic mass is 10.1. The lowest BCUT2D eigenvalue weighted by molar-refractivity contribution is 0.540. The minimum atomic E-state index is -0.411. The number of fused-ring (bicyclic) bond motifs is 4. The van der Waals surface area contributed by atoms with Gasteiger partial charge in [-0.1, -0.05) is 18.2 Å². The lowest BCUT2D eigenvalue weighted by Gasteiger charge is -2.34. The van der Waals surface area contributed by atoms with Crippen LogP contribution in [0.25, 0.3) is 27.6 Å². The molecule has 0 spiro atoms. The Morgan fingerprint density at radius 3 is 2.62 bits per heavy atom.